The Morgan fingerprint density at radius 3 is 2.24 bits per heavy atom. The maximum absolute atomic E-state index is 9.88. The molecule has 0 bridgehead atoms. The van der Waals surface area contributed by atoms with E-state index >= 15 is 0 Å². The van der Waals surface area contributed by atoms with Crippen molar-refractivity contribution in [1.29, 1.82) is 10.5 Å². The molecule has 17 heavy (non-hydrogen) atoms. The second-order valence-electron chi connectivity index (χ2n) is 4.16. The van der Waals surface area contributed by atoms with Crippen LogP contribution in [0.2, 0.25) is 0 Å². The van der Waals surface area contributed by atoms with Crippen molar-refractivity contribution in [3.8, 4) is 12.1 Å². The molecule has 2 N–H and O–H groups in total. The molecule has 0 heterocycles. The fourth-order valence-corrected chi connectivity index (χ4v) is 1.33. The van der Waals surface area contributed by atoms with E-state index in [0.717, 1.165) is 0 Å². The number of aliphatic hydroxyl groups is 1. The van der Waals surface area contributed by atoms with Crippen molar-refractivity contribution >= 4 is 5.69 Å². The van der Waals surface area contributed by atoms with E-state index in [4.69, 9.17) is 10.5 Å². The maximum atomic E-state index is 9.88. The van der Waals surface area contributed by atoms with E-state index < -0.39 is 5.60 Å². The van der Waals surface area contributed by atoms with Crippen molar-refractivity contribution in [2.24, 2.45) is 0 Å². The van der Waals surface area contributed by atoms with Crippen LogP contribution < -0.4 is 5.32 Å². The molecule has 1 unspecified atom stereocenters. The number of nitrogens with zero attached hydrogens (tertiary/aromatic N) is 2. The summed E-state index contributed by atoms with van der Waals surface area (Å²) in [5, 5.41) is 30.8. The molecule has 0 spiro atoms. The summed E-state index contributed by atoms with van der Waals surface area (Å²) in [4.78, 5) is 0. The van der Waals surface area contributed by atoms with Crippen molar-refractivity contribution in [3.63, 3.8) is 0 Å². The van der Waals surface area contributed by atoms with Gasteiger partial charge in [0.25, 0.3) is 0 Å². The van der Waals surface area contributed by atoms with Gasteiger partial charge in [0.1, 0.15) is 12.1 Å². The standard InChI is InChI=1S/C13H15N3O/c1-3-13(2,17)9-16-12-10(7-14)5-4-6-11(12)8-15/h4-6,16-17H,3,9H2,1-2H3. The number of hydrogen-bond donors (Lipinski definition) is 2. The number of rotatable bonds is 4. The lowest BCUT2D eigenvalue weighted by Crippen LogP contribution is -2.32. The summed E-state index contributed by atoms with van der Waals surface area (Å²) in [6.45, 7) is 3.89. The van der Waals surface area contributed by atoms with Gasteiger partial charge in [-0.25, -0.2) is 0 Å². The van der Waals surface area contributed by atoms with Crippen LogP contribution in [-0.2, 0) is 0 Å². The first-order valence-electron chi connectivity index (χ1n) is 5.43. The van der Waals surface area contributed by atoms with Gasteiger partial charge in [-0.15, -0.1) is 0 Å². The Balaban J connectivity index is 2.99. The zero-order valence-corrected chi connectivity index (χ0v) is 9.99. The van der Waals surface area contributed by atoms with Crippen LogP contribution in [-0.4, -0.2) is 17.3 Å². The quantitative estimate of drug-likeness (QED) is 0.827. The molecule has 1 aromatic carbocycles. The van der Waals surface area contributed by atoms with Crippen LogP contribution >= 0.6 is 0 Å². The molecule has 0 saturated heterocycles. The van der Waals surface area contributed by atoms with Gasteiger partial charge in [0, 0.05) is 6.54 Å². The largest absolute Gasteiger partial charge is 0.388 e. The fraction of sp³-hybridized carbons (Fsp3) is 0.385. The third kappa shape index (κ3) is 3.21. The van der Waals surface area contributed by atoms with Crippen molar-refractivity contribution in [2.45, 2.75) is 25.9 Å². The molecule has 4 nitrogen and oxygen atoms in total. The third-order valence-corrected chi connectivity index (χ3v) is 2.71. The number of anilines is 1. The summed E-state index contributed by atoms with van der Waals surface area (Å²) in [7, 11) is 0. The maximum Gasteiger partial charge on any atom is 0.101 e. The summed E-state index contributed by atoms with van der Waals surface area (Å²) in [6, 6.07) is 9.01. The van der Waals surface area contributed by atoms with Gasteiger partial charge in [0.2, 0.25) is 0 Å². The molecule has 0 radical (unpaired) electrons. The number of hydrogen-bond acceptors (Lipinski definition) is 4. The van der Waals surface area contributed by atoms with Crippen LogP contribution in [0.1, 0.15) is 31.4 Å². The van der Waals surface area contributed by atoms with Gasteiger partial charge in [-0.2, -0.15) is 10.5 Å². The Kier molecular flexibility index (Phi) is 4.09. The minimum Gasteiger partial charge on any atom is -0.388 e. The average molecular weight is 229 g/mol. The lowest BCUT2D eigenvalue weighted by Gasteiger charge is -2.23. The molecule has 0 aliphatic heterocycles. The predicted octanol–water partition coefficient (Wildman–Crippen LogP) is 2.00. The Labute approximate surface area is 101 Å². The normalized spacial score (nSPS) is 13.2. The van der Waals surface area contributed by atoms with Gasteiger partial charge in [-0.1, -0.05) is 13.0 Å². The SMILES string of the molecule is CCC(C)(O)CNc1c(C#N)cccc1C#N. The molecule has 88 valence electrons. The van der Waals surface area contributed by atoms with E-state index in [1.807, 2.05) is 19.1 Å². The van der Waals surface area contributed by atoms with E-state index in [0.29, 0.717) is 29.8 Å². The number of nitrogens with one attached hydrogen (secondary N) is 1. The molecule has 0 aliphatic carbocycles. The fourth-order valence-electron chi connectivity index (χ4n) is 1.33. The van der Waals surface area contributed by atoms with E-state index in [1.54, 1.807) is 25.1 Å². The average Bonchev–Trinajstić information content (AvgIpc) is 2.35. The molecular formula is C13H15N3O. The molecular weight excluding hydrogens is 214 g/mol. The van der Waals surface area contributed by atoms with Crippen LogP contribution in [0.4, 0.5) is 5.69 Å². The second-order valence-corrected chi connectivity index (χ2v) is 4.16. The Morgan fingerprint density at radius 1 is 1.29 bits per heavy atom. The van der Waals surface area contributed by atoms with Gasteiger partial charge in [-0.3, -0.25) is 0 Å². The number of nitriles is 2. The lowest BCUT2D eigenvalue weighted by molar-refractivity contribution is 0.0697. The highest BCUT2D eigenvalue weighted by molar-refractivity contribution is 5.66. The Bertz CT molecular complexity index is 448. The van der Waals surface area contributed by atoms with E-state index in [1.165, 1.54) is 0 Å². The van der Waals surface area contributed by atoms with Crippen molar-refractivity contribution in [2.75, 3.05) is 11.9 Å². The van der Waals surface area contributed by atoms with Crippen LogP contribution in [0.3, 0.4) is 0 Å². The van der Waals surface area contributed by atoms with Crippen LogP contribution in [0.15, 0.2) is 18.2 Å². The predicted molar refractivity (Wildman–Crippen MR) is 65.3 cm³/mol. The molecule has 1 aromatic rings. The van der Waals surface area contributed by atoms with Crippen molar-refractivity contribution in [1.82, 2.24) is 0 Å². The summed E-state index contributed by atoms with van der Waals surface area (Å²) >= 11 is 0. The van der Waals surface area contributed by atoms with Gasteiger partial charge in [0.15, 0.2) is 0 Å². The monoisotopic (exact) mass is 229 g/mol. The highest BCUT2D eigenvalue weighted by Crippen LogP contribution is 2.21. The zero-order chi connectivity index (χ0) is 12.9. The summed E-state index contributed by atoms with van der Waals surface area (Å²) in [5.41, 5.74) is 0.466. The number of benzene rings is 1. The first kappa shape index (κ1) is 13.0. The lowest BCUT2D eigenvalue weighted by atomic mass is 10.0. The van der Waals surface area contributed by atoms with Crippen LogP contribution in [0.25, 0.3) is 0 Å². The molecule has 1 atom stereocenters. The minimum atomic E-state index is -0.852. The highest BCUT2D eigenvalue weighted by atomic mass is 16.3. The van der Waals surface area contributed by atoms with Gasteiger partial charge in [-0.05, 0) is 25.5 Å². The van der Waals surface area contributed by atoms with Gasteiger partial charge >= 0.3 is 0 Å². The second kappa shape index (κ2) is 5.34. The molecule has 4 heteroatoms. The Morgan fingerprint density at radius 2 is 1.82 bits per heavy atom. The van der Waals surface area contributed by atoms with Gasteiger partial charge < -0.3 is 10.4 Å². The molecule has 0 aromatic heterocycles. The molecule has 0 fully saturated rings. The van der Waals surface area contributed by atoms with E-state index in [2.05, 4.69) is 5.32 Å². The van der Waals surface area contributed by atoms with Crippen LogP contribution in [0.5, 0.6) is 0 Å². The highest BCUT2D eigenvalue weighted by Gasteiger charge is 2.18. The van der Waals surface area contributed by atoms with Crippen molar-refractivity contribution in [3.05, 3.63) is 29.3 Å². The summed E-state index contributed by atoms with van der Waals surface area (Å²) in [5.74, 6) is 0. The van der Waals surface area contributed by atoms with Gasteiger partial charge in [0.05, 0.1) is 22.4 Å². The topological polar surface area (TPSA) is 79.8 Å². The Hall–Kier alpha value is -2.04. The van der Waals surface area contributed by atoms with Crippen molar-refractivity contribution < 1.29 is 5.11 Å². The minimum absolute atomic E-state index is 0.302. The first-order chi connectivity index (χ1) is 8.04. The third-order valence-electron chi connectivity index (χ3n) is 2.71. The summed E-state index contributed by atoms with van der Waals surface area (Å²) < 4.78 is 0. The zero-order valence-electron chi connectivity index (χ0n) is 9.99. The molecule has 0 aliphatic rings. The smallest absolute Gasteiger partial charge is 0.101 e. The molecule has 0 saturated carbocycles. The van der Waals surface area contributed by atoms with E-state index in [9.17, 15) is 5.11 Å². The first-order valence-corrected chi connectivity index (χ1v) is 5.43. The van der Waals surface area contributed by atoms with Crippen LogP contribution in [0, 0.1) is 22.7 Å². The van der Waals surface area contributed by atoms with E-state index in [-0.39, 0.29) is 0 Å². The molecule has 0 amide bonds. The number of para-hydroxylation sites is 1. The summed E-state index contributed by atoms with van der Waals surface area (Å²) in [6.07, 6.45) is 0.594. The molecule has 1 rings (SSSR count).